The first-order chi connectivity index (χ1) is 11.1. The Morgan fingerprint density at radius 2 is 1.83 bits per heavy atom. The van der Waals surface area contributed by atoms with Gasteiger partial charge in [-0.05, 0) is 38.1 Å². The Bertz CT molecular complexity index is 927. The fourth-order valence-electron chi connectivity index (χ4n) is 2.46. The standard InChI is InChI=1S/C18H17N3O2/c1-3-21-15-7-5-4-6-14(15)17(22)16(20-21)18(23)19-13-10-8-12(2)9-11-13/h4-11H,3H2,1-2H3,(H,19,23). The average molecular weight is 307 g/mol. The summed E-state index contributed by atoms with van der Waals surface area (Å²) in [7, 11) is 0. The highest BCUT2D eigenvalue weighted by atomic mass is 16.2. The van der Waals surface area contributed by atoms with Gasteiger partial charge in [0.1, 0.15) is 0 Å². The van der Waals surface area contributed by atoms with Crippen LogP contribution in [0.4, 0.5) is 5.69 Å². The largest absolute Gasteiger partial charge is 0.320 e. The SMILES string of the molecule is CCn1nc(C(=O)Nc2ccc(C)cc2)c(=O)c2ccccc21. The molecule has 5 nitrogen and oxygen atoms in total. The second-order valence-electron chi connectivity index (χ2n) is 5.33. The third-order valence-corrected chi connectivity index (χ3v) is 3.69. The van der Waals surface area contributed by atoms with Crippen molar-refractivity contribution in [2.24, 2.45) is 0 Å². The highest BCUT2D eigenvalue weighted by Gasteiger charge is 2.17. The van der Waals surface area contributed by atoms with Gasteiger partial charge < -0.3 is 5.32 Å². The van der Waals surface area contributed by atoms with Crippen LogP contribution in [0.3, 0.4) is 0 Å². The molecule has 116 valence electrons. The summed E-state index contributed by atoms with van der Waals surface area (Å²) >= 11 is 0. The molecule has 0 fully saturated rings. The zero-order valence-corrected chi connectivity index (χ0v) is 13.0. The summed E-state index contributed by atoms with van der Waals surface area (Å²) in [4.78, 5) is 25.0. The molecule has 0 saturated heterocycles. The van der Waals surface area contributed by atoms with E-state index in [0.717, 1.165) is 11.1 Å². The Balaban J connectivity index is 2.05. The van der Waals surface area contributed by atoms with Crippen molar-refractivity contribution in [3.8, 4) is 0 Å². The zero-order chi connectivity index (χ0) is 16.4. The predicted molar refractivity (Wildman–Crippen MR) is 90.8 cm³/mol. The van der Waals surface area contributed by atoms with Crippen LogP contribution in [0.15, 0.2) is 53.3 Å². The molecule has 0 bridgehead atoms. The van der Waals surface area contributed by atoms with Crippen LogP contribution >= 0.6 is 0 Å². The van der Waals surface area contributed by atoms with Gasteiger partial charge in [0, 0.05) is 17.6 Å². The number of aryl methyl sites for hydroxylation is 2. The van der Waals surface area contributed by atoms with E-state index in [-0.39, 0.29) is 11.1 Å². The maximum absolute atomic E-state index is 12.5. The van der Waals surface area contributed by atoms with Crippen molar-refractivity contribution in [2.45, 2.75) is 20.4 Å². The maximum atomic E-state index is 12.5. The van der Waals surface area contributed by atoms with E-state index in [2.05, 4.69) is 10.4 Å². The van der Waals surface area contributed by atoms with Gasteiger partial charge in [-0.15, -0.1) is 0 Å². The quantitative estimate of drug-likeness (QED) is 0.809. The minimum atomic E-state index is -0.494. The summed E-state index contributed by atoms with van der Waals surface area (Å²) in [6.45, 7) is 4.47. The van der Waals surface area contributed by atoms with Crippen LogP contribution in [0.25, 0.3) is 10.9 Å². The normalized spacial score (nSPS) is 10.7. The lowest BCUT2D eigenvalue weighted by Crippen LogP contribution is -2.27. The molecule has 0 saturated carbocycles. The molecule has 5 heteroatoms. The van der Waals surface area contributed by atoms with E-state index in [9.17, 15) is 9.59 Å². The second-order valence-corrected chi connectivity index (χ2v) is 5.33. The number of carbonyl (C=O) groups is 1. The van der Waals surface area contributed by atoms with Crippen LogP contribution in [0.2, 0.25) is 0 Å². The first-order valence-corrected chi connectivity index (χ1v) is 7.48. The second kappa shape index (κ2) is 6.04. The van der Waals surface area contributed by atoms with E-state index < -0.39 is 5.91 Å². The molecular formula is C18H17N3O2. The van der Waals surface area contributed by atoms with Gasteiger partial charge in [-0.3, -0.25) is 14.3 Å². The van der Waals surface area contributed by atoms with Crippen LogP contribution in [-0.4, -0.2) is 15.7 Å². The zero-order valence-electron chi connectivity index (χ0n) is 13.0. The van der Waals surface area contributed by atoms with E-state index >= 15 is 0 Å². The van der Waals surface area contributed by atoms with Crippen molar-refractivity contribution in [1.82, 2.24) is 9.78 Å². The lowest BCUT2D eigenvalue weighted by atomic mass is 10.2. The number of aromatic nitrogens is 2. The number of benzene rings is 2. The lowest BCUT2D eigenvalue weighted by molar-refractivity contribution is 0.101. The topological polar surface area (TPSA) is 64.0 Å². The van der Waals surface area contributed by atoms with Gasteiger partial charge in [-0.2, -0.15) is 5.10 Å². The summed E-state index contributed by atoms with van der Waals surface area (Å²) in [5, 5.41) is 7.45. The number of fused-ring (bicyclic) bond motifs is 1. The van der Waals surface area contributed by atoms with Gasteiger partial charge in [0.15, 0.2) is 5.69 Å². The Morgan fingerprint density at radius 1 is 1.13 bits per heavy atom. The molecule has 1 N–H and O–H groups in total. The smallest absolute Gasteiger partial charge is 0.280 e. The summed E-state index contributed by atoms with van der Waals surface area (Å²) in [5.41, 5.74) is 2.02. The molecule has 0 aliphatic rings. The Hall–Kier alpha value is -2.95. The number of nitrogens with one attached hydrogen (secondary N) is 1. The number of hydrogen-bond acceptors (Lipinski definition) is 3. The molecule has 1 heterocycles. The first kappa shape index (κ1) is 15.0. The third-order valence-electron chi connectivity index (χ3n) is 3.69. The van der Waals surface area contributed by atoms with E-state index in [1.165, 1.54) is 0 Å². The predicted octanol–water partition coefficient (Wildman–Crippen LogP) is 2.98. The molecule has 3 aromatic rings. The van der Waals surface area contributed by atoms with Gasteiger partial charge in [-0.1, -0.05) is 29.8 Å². The monoisotopic (exact) mass is 307 g/mol. The van der Waals surface area contributed by atoms with Gasteiger partial charge >= 0.3 is 0 Å². The molecule has 1 aromatic heterocycles. The third kappa shape index (κ3) is 2.85. The molecule has 0 unspecified atom stereocenters. The number of hydrogen-bond donors (Lipinski definition) is 1. The van der Waals surface area contributed by atoms with Crippen LogP contribution in [0.1, 0.15) is 23.0 Å². The Labute approximate surface area is 133 Å². The number of amides is 1. The summed E-state index contributed by atoms with van der Waals surface area (Å²) < 4.78 is 1.67. The molecule has 0 spiro atoms. The summed E-state index contributed by atoms with van der Waals surface area (Å²) in [6.07, 6.45) is 0. The number of carbonyl (C=O) groups excluding carboxylic acids is 1. The van der Waals surface area contributed by atoms with Crippen molar-refractivity contribution >= 4 is 22.5 Å². The molecule has 0 aliphatic carbocycles. The highest BCUT2D eigenvalue weighted by molar-refractivity contribution is 6.04. The maximum Gasteiger partial charge on any atom is 0.280 e. The molecule has 0 atom stereocenters. The van der Waals surface area contributed by atoms with Crippen molar-refractivity contribution in [2.75, 3.05) is 5.32 Å². The van der Waals surface area contributed by atoms with Crippen molar-refractivity contribution < 1.29 is 4.79 Å². The van der Waals surface area contributed by atoms with Gasteiger partial charge in [-0.25, -0.2) is 0 Å². The number of para-hydroxylation sites is 1. The molecule has 3 rings (SSSR count). The fraction of sp³-hybridized carbons (Fsp3) is 0.167. The molecule has 0 radical (unpaired) electrons. The van der Waals surface area contributed by atoms with Crippen LogP contribution < -0.4 is 10.7 Å². The van der Waals surface area contributed by atoms with Crippen molar-refractivity contribution in [3.63, 3.8) is 0 Å². The first-order valence-electron chi connectivity index (χ1n) is 7.48. The molecule has 0 aliphatic heterocycles. The van der Waals surface area contributed by atoms with Gasteiger partial charge in [0.25, 0.3) is 5.91 Å². The molecule has 1 amide bonds. The van der Waals surface area contributed by atoms with E-state index in [0.29, 0.717) is 17.6 Å². The van der Waals surface area contributed by atoms with Gasteiger partial charge in [0.05, 0.1) is 5.52 Å². The molecular weight excluding hydrogens is 290 g/mol. The lowest BCUT2D eigenvalue weighted by Gasteiger charge is -2.10. The molecule has 23 heavy (non-hydrogen) atoms. The van der Waals surface area contributed by atoms with Crippen LogP contribution in [0, 0.1) is 6.92 Å². The summed E-state index contributed by atoms with van der Waals surface area (Å²) in [6, 6.07) is 14.6. The summed E-state index contributed by atoms with van der Waals surface area (Å²) in [5.74, 6) is -0.494. The number of nitrogens with zero attached hydrogens (tertiary/aromatic N) is 2. The van der Waals surface area contributed by atoms with E-state index in [4.69, 9.17) is 0 Å². The van der Waals surface area contributed by atoms with Gasteiger partial charge in [0.2, 0.25) is 5.43 Å². The fourth-order valence-corrected chi connectivity index (χ4v) is 2.46. The van der Waals surface area contributed by atoms with Crippen molar-refractivity contribution in [3.05, 3.63) is 70.0 Å². The van der Waals surface area contributed by atoms with Crippen molar-refractivity contribution in [1.29, 1.82) is 0 Å². The van der Waals surface area contributed by atoms with E-state index in [1.54, 1.807) is 28.9 Å². The minimum absolute atomic E-state index is 0.0916. The van der Waals surface area contributed by atoms with E-state index in [1.807, 2.05) is 38.1 Å². The Kier molecular flexibility index (Phi) is 3.93. The highest BCUT2D eigenvalue weighted by Crippen LogP contribution is 2.12. The Morgan fingerprint density at radius 3 is 2.52 bits per heavy atom. The number of anilines is 1. The van der Waals surface area contributed by atoms with Crippen LogP contribution in [-0.2, 0) is 6.54 Å². The van der Waals surface area contributed by atoms with Crippen LogP contribution in [0.5, 0.6) is 0 Å². The molecule has 2 aromatic carbocycles. The minimum Gasteiger partial charge on any atom is -0.320 e. The number of rotatable bonds is 3. The average Bonchev–Trinajstić information content (AvgIpc) is 2.57.